The lowest BCUT2D eigenvalue weighted by Gasteiger charge is -2.33. The minimum atomic E-state index is -4.03. The molecule has 1 aliphatic heterocycles. The van der Waals surface area contributed by atoms with E-state index < -0.39 is 33.4 Å². The molecule has 0 saturated carbocycles. The third-order valence-electron chi connectivity index (χ3n) is 5.81. The molecule has 2 aromatic rings. The minimum Gasteiger partial charge on any atom is -0.497 e. The molecule has 0 saturated heterocycles. The maximum Gasteiger partial charge on any atom is 0.269 e. The summed E-state index contributed by atoms with van der Waals surface area (Å²) in [5.41, 5.74) is 0.341. The summed E-state index contributed by atoms with van der Waals surface area (Å²) >= 11 is 0. The standard InChI is InChI=1S/C26H33N3O6S/c1-6-21(24(31)27-26(2,3)4)28(17-18-10-9-11-19(16-18)35-5)23(30)14-15-29-25(32)20-12-7-8-13-22(20)36(29,33)34/h7-13,16,21H,6,14-15,17H2,1-5H3,(H,27,31). The third-order valence-corrected chi connectivity index (χ3v) is 7.65. The number of carbonyl (C=O) groups excluding carboxylic acids is 3. The molecule has 3 rings (SSSR count). The zero-order valence-corrected chi connectivity index (χ0v) is 22.1. The summed E-state index contributed by atoms with van der Waals surface area (Å²) in [4.78, 5) is 40.8. The highest BCUT2D eigenvalue weighted by Gasteiger charge is 2.41. The smallest absolute Gasteiger partial charge is 0.269 e. The van der Waals surface area contributed by atoms with Crippen LogP contribution in [0.5, 0.6) is 5.75 Å². The number of benzene rings is 2. The number of hydrogen-bond acceptors (Lipinski definition) is 6. The van der Waals surface area contributed by atoms with Crippen LogP contribution in [0.1, 0.15) is 56.5 Å². The van der Waals surface area contributed by atoms with Crippen molar-refractivity contribution in [2.75, 3.05) is 13.7 Å². The van der Waals surface area contributed by atoms with E-state index in [4.69, 9.17) is 4.74 Å². The van der Waals surface area contributed by atoms with Crippen molar-refractivity contribution in [2.45, 2.75) is 63.6 Å². The zero-order chi connectivity index (χ0) is 26.7. The van der Waals surface area contributed by atoms with E-state index in [-0.39, 0.29) is 35.9 Å². The lowest BCUT2D eigenvalue weighted by molar-refractivity contribution is -0.142. The number of methoxy groups -OCH3 is 1. The van der Waals surface area contributed by atoms with Crippen LogP contribution in [0.25, 0.3) is 0 Å². The summed E-state index contributed by atoms with van der Waals surface area (Å²) in [6.07, 6.45) is 0.0895. The van der Waals surface area contributed by atoms with Crippen molar-refractivity contribution in [1.82, 2.24) is 14.5 Å². The molecule has 1 atom stereocenters. The van der Waals surface area contributed by atoms with Crippen LogP contribution in [0, 0.1) is 0 Å². The monoisotopic (exact) mass is 515 g/mol. The molecule has 36 heavy (non-hydrogen) atoms. The van der Waals surface area contributed by atoms with Crippen molar-refractivity contribution in [1.29, 1.82) is 0 Å². The highest BCUT2D eigenvalue weighted by molar-refractivity contribution is 7.90. The van der Waals surface area contributed by atoms with E-state index in [1.807, 2.05) is 33.8 Å². The highest BCUT2D eigenvalue weighted by atomic mass is 32.2. The Balaban J connectivity index is 1.86. The number of nitrogens with one attached hydrogen (secondary N) is 1. The van der Waals surface area contributed by atoms with Gasteiger partial charge in [-0.3, -0.25) is 14.4 Å². The molecule has 9 nitrogen and oxygen atoms in total. The van der Waals surface area contributed by atoms with E-state index >= 15 is 0 Å². The average Bonchev–Trinajstić information content (AvgIpc) is 3.01. The van der Waals surface area contributed by atoms with Gasteiger partial charge in [-0.25, -0.2) is 12.7 Å². The maximum atomic E-state index is 13.5. The van der Waals surface area contributed by atoms with Gasteiger partial charge in [0, 0.05) is 25.0 Å². The van der Waals surface area contributed by atoms with E-state index in [0.29, 0.717) is 12.2 Å². The lowest BCUT2D eigenvalue weighted by Crippen LogP contribution is -2.53. The molecule has 10 heteroatoms. The molecule has 3 amide bonds. The number of amides is 3. The number of fused-ring (bicyclic) bond motifs is 1. The second-order valence-electron chi connectivity index (χ2n) is 9.66. The second-order valence-corrected chi connectivity index (χ2v) is 11.5. The molecule has 0 fully saturated rings. The molecule has 1 aliphatic rings. The molecule has 0 bridgehead atoms. The van der Waals surface area contributed by atoms with Crippen LogP contribution in [0.4, 0.5) is 0 Å². The first-order chi connectivity index (χ1) is 16.9. The summed E-state index contributed by atoms with van der Waals surface area (Å²) in [5, 5.41) is 2.93. The molecule has 2 aromatic carbocycles. The second kappa shape index (κ2) is 10.7. The van der Waals surface area contributed by atoms with Crippen LogP contribution in [-0.2, 0) is 26.2 Å². The molecule has 0 spiro atoms. The van der Waals surface area contributed by atoms with Crippen molar-refractivity contribution >= 4 is 27.7 Å². The predicted molar refractivity (Wildman–Crippen MR) is 135 cm³/mol. The van der Waals surface area contributed by atoms with Gasteiger partial charge in [0.2, 0.25) is 11.8 Å². The van der Waals surface area contributed by atoms with Crippen LogP contribution in [0.3, 0.4) is 0 Å². The van der Waals surface area contributed by atoms with Crippen molar-refractivity contribution in [3.8, 4) is 5.75 Å². The Kier molecular flexibility index (Phi) is 8.08. The fraction of sp³-hybridized carbons (Fsp3) is 0.423. The fourth-order valence-electron chi connectivity index (χ4n) is 4.13. The topological polar surface area (TPSA) is 113 Å². The van der Waals surface area contributed by atoms with E-state index in [1.165, 1.54) is 17.0 Å². The Bertz CT molecular complexity index is 1250. The number of hydrogen-bond donors (Lipinski definition) is 1. The first-order valence-corrected chi connectivity index (χ1v) is 13.2. The molecule has 1 unspecified atom stereocenters. The van der Waals surface area contributed by atoms with E-state index in [0.717, 1.165) is 9.87 Å². The number of sulfonamides is 1. The number of carbonyl (C=O) groups is 3. The van der Waals surface area contributed by atoms with Gasteiger partial charge in [0.05, 0.1) is 12.7 Å². The van der Waals surface area contributed by atoms with Gasteiger partial charge in [-0.2, -0.15) is 0 Å². The maximum absolute atomic E-state index is 13.5. The van der Waals surface area contributed by atoms with Gasteiger partial charge in [-0.15, -0.1) is 0 Å². The summed E-state index contributed by atoms with van der Waals surface area (Å²) in [7, 11) is -2.49. The average molecular weight is 516 g/mol. The summed E-state index contributed by atoms with van der Waals surface area (Å²) in [5.74, 6) is -0.792. The predicted octanol–water partition coefficient (Wildman–Crippen LogP) is 2.95. The molecule has 1 N–H and O–H groups in total. The Hall–Kier alpha value is -3.40. The number of ether oxygens (including phenoxy) is 1. The number of nitrogens with zero attached hydrogens (tertiary/aromatic N) is 2. The van der Waals surface area contributed by atoms with E-state index in [1.54, 1.807) is 37.4 Å². The zero-order valence-electron chi connectivity index (χ0n) is 21.3. The van der Waals surface area contributed by atoms with Gasteiger partial charge >= 0.3 is 0 Å². The first-order valence-electron chi connectivity index (χ1n) is 11.8. The quantitative estimate of drug-likeness (QED) is 0.549. The van der Waals surface area contributed by atoms with Crippen LogP contribution in [0.15, 0.2) is 53.4 Å². The molecule has 1 heterocycles. The molecular formula is C26H33N3O6S. The van der Waals surface area contributed by atoms with E-state index in [2.05, 4.69) is 5.32 Å². The van der Waals surface area contributed by atoms with E-state index in [9.17, 15) is 22.8 Å². The Morgan fingerprint density at radius 2 is 1.81 bits per heavy atom. The SMILES string of the molecule is CCC(C(=O)NC(C)(C)C)N(Cc1cccc(OC)c1)C(=O)CCN1C(=O)c2ccccc2S1(=O)=O. The summed E-state index contributed by atoms with van der Waals surface area (Å²) in [6.45, 7) is 7.17. The molecule has 0 aliphatic carbocycles. The van der Waals surface area contributed by atoms with Gasteiger partial charge in [-0.1, -0.05) is 31.2 Å². The van der Waals surface area contributed by atoms with Crippen LogP contribution in [0.2, 0.25) is 0 Å². The summed E-state index contributed by atoms with van der Waals surface area (Å²) in [6, 6.07) is 12.4. The van der Waals surface area contributed by atoms with Crippen molar-refractivity contribution in [2.24, 2.45) is 0 Å². The van der Waals surface area contributed by atoms with Crippen molar-refractivity contribution in [3.63, 3.8) is 0 Å². The van der Waals surface area contributed by atoms with Crippen LogP contribution >= 0.6 is 0 Å². The van der Waals surface area contributed by atoms with Gasteiger partial charge < -0.3 is 15.0 Å². The summed E-state index contributed by atoms with van der Waals surface area (Å²) < 4.78 is 31.8. The Labute approximate surface area is 212 Å². The normalized spacial score (nSPS) is 15.2. The molecular weight excluding hydrogens is 482 g/mol. The van der Waals surface area contributed by atoms with Gasteiger partial charge in [0.25, 0.3) is 15.9 Å². The lowest BCUT2D eigenvalue weighted by atomic mass is 10.1. The van der Waals surface area contributed by atoms with Gasteiger partial charge in [-0.05, 0) is 57.0 Å². The minimum absolute atomic E-state index is 0.0633. The first kappa shape index (κ1) is 27.2. The Morgan fingerprint density at radius 1 is 1.11 bits per heavy atom. The Morgan fingerprint density at radius 3 is 2.42 bits per heavy atom. The molecule has 194 valence electrons. The number of rotatable bonds is 9. The van der Waals surface area contributed by atoms with Crippen molar-refractivity contribution < 1.29 is 27.5 Å². The van der Waals surface area contributed by atoms with Gasteiger partial charge in [0.1, 0.15) is 16.7 Å². The molecule has 0 radical (unpaired) electrons. The van der Waals surface area contributed by atoms with Crippen LogP contribution in [-0.4, -0.2) is 60.6 Å². The van der Waals surface area contributed by atoms with Gasteiger partial charge in [0.15, 0.2) is 0 Å². The third kappa shape index (κ3) is 5.87. The fourth-order valence-corrected chi connectivity index (χ4v) is 5.70. The van der Waals surface area contributed by atoms with Crippen molar-refractivity contribution in [3.05, 3.63) is 59.7 Å². The highest BCUT2D eigenvalue weighted by Crippen LogP contribution is 2.30. The largest absolute Gasteiger partial charge is 0.497 e. The molecule has 0 aromatic heterocycles. The van der Waals surface area contributed by atoms with Crippen LogP contribution < -0.4 is 10.1 Å².